The maximum absolute atomic E-state index is 14.5. The van der Waals surface area contributed by atoms with Gasteiger partial charge >= 0.3 is 12.1 Å². The molecule has 1 N–H and O–H groups in total. The zero-order chi connectivity index (χ0) is 27.8. The van der Waals surface area contributed by atoms with Crippen molar-refractivity contribution in [2.45, 2.75) is 51.2 Å². The van der Waals surface area contributed by atoms with E-state index in [0.29, 0.717) is 46.8 Å². The average molecular weight is 532 g/mol. The van der Waals surface area contributed by atoms with Gasteiger partial charge in [-0.25, -0.2) is 8.78 Å². The van der Waals surface area contributed by atoms with Gasteiger partial charge in [0.15, 0.2) is 11.6 Å². The van der Waals surface area contributed by atoms with Crippen molar-refractivity contribution in [2.75, 3.05) is 13.1 Å². The second-order valence-corrected chi connectivity index (χ2v) is 10.3. The molecule has 2 atom stereocenters. The summed E-state index contributed by atoms with van der Waals surface area (Å²) in [6, 6.07) is 13.6. The number of piperidine rings is 1. The minimum absolute atomic E-state index is 0.464. The monoisotopic (exact) mass is 531 g/mol. The van der Waals surface area contributed by atoms with Crippen LogP contribution in [0, 0.1) is 17.6 Å². The van der Waals surface area contributed by atoms with E-state index in [2.05, 4.69) is 11.8 Å². The first-order chi connectivity index (χ1) is 17.8. The Morgan fingerprint density at radius 3 is 2.08 bits per heavy atom. The van der Waals surface area contributed by atoms with Gasteiger partial charge in [0.25, 0.3) is 0 Å². The molecule has 1 saturated heterocycles. The number of rotatable bonds is 6. The second kappa shape index (κ2) is 10.5. The second-order valence-electron chi connectivity index (χ2n) is 10.3. The van der Waals surface area contributed by atoms with Crippen LogP contribution in [0.25, 0.3) is 11.1 Å². The number of halogens is 5. The topological polar surface area (TPSA) is 40.5 Å². The number of carboxylic acid groups (broad SMARTS) is 1. The van der Waals surface area contributed by atoms with Gasteiger partial charge in [0.2, 0.25) is 0 Å². The van der Waals surface area contributed by atoms with Crippen molar-refractivity contribution in [1.82, 2.24) is 4.90 Å². The van der Waals surface area contributed by atoms with Crippen LogP contribution in [0.4, 0.5) is 22.0 Å². The van der Waals surface area contributed by atoms with Gasteiger partial charge < -0.3 is 5.11 Å². The average Bonchev–Trinajstić information content (AvgIpc) is 2.89. The molecule has 0 bridgehead atoms. The molecule has 0 amide bonds. The normalized spacial score (nSPS) is 17.7. The third-order valence-corrected chi connectivity index (χ3v) is 7.86. The minimum atomic E-state index is -4.51. The molecule has 1 aliphatic rings. The molecule has 2 unspecified atom stereocenters. The third kappa shape index (κ3) is 5.32. The van der Waals surface area contributed by atoms with E-state index < -0.39 is 40.8 Å². The number of likely N-dealkylation sites (tertiary alicyclic amines) is 1. The summed E-state index contributed by atoms with van der Waals surface area (Å²) in [6.45, 7) is 6.95. The van der Waals surface area contributed by atoms with Gasteiger partial charge in [-0.15, -0.1) is 0 Å². The molecule has 1 aliphatic heterocycles. The lowest BCUT2D eigenvalue weighted by molar-refractivity contribution is -0.138. The molecule has 38 heavy (non-hydrogen) atoms. The Kier molecular flexibility index (Phi) is 7.66. The lowest BCUT2D eigenvalue weighted by atomic mass is 9.76. The summed E-state index contributed by atoms with van der Waals surface area (Å²) in [5.74, 6) is -3.37. The van der Waals surface area contributed by atoms with Crippen LogP contribution >= 0.6 is 0 Å². The van der Waals surface area contributed by atoms with Gasteiger partial charge in [0, 0.05) is 0 Å². The van der Waals surface area contributed by atoms with Gasteiger partial charge in [0.05, 0.1) is 17.0 Å². The van der Waals surface area contributed by atoms with Crippen molar-refractivity contribution in [1.29, 1.82) is 0 Å². The molecule has 1 heterocycles. The quantitative estimate of drug-likeness (QED) is 0.330. The van der Waals surface area contributed by atoms with E-state index in [9.17, 15) is 31.9 Å². The number of alkyl halides is 3. The molecule has 0 aromatic heterocycles. The Morgan fingerprint density at radius 1 is 0.921 bits per heavy atom. The fraction of sp³-hybridized carbons (Fsp3) is 0.367. The van der Waals surface area contributed by atoms with E-state index in [0.717, 1.165) is 37.1 Å². The first kappa shape index (κ1) is 27.8. The number of carbonyl (C=O) groups is 1. The molecule has 3 aromatic carbocycles. The van der Waals surface area contributed by atoms with E-state index in [1.807, 2.05) is 6.92 Å². The zero-order valence-electron chi connectivity index (χ0n) is 21.4. The lowest BCUT2D eigenvalue weighted by Crippen LogP contribution is -2.49. The van der Waals surface area contributed by atoms with Crippen LogP contribution in [0.3, 0.4) is 0 Å². The van der Waals surface area contributed by atoms with E-state index >= 15 is 0 Å². The van der Waals surface area contributed by atoms with E-state index in [4.69, 9.17) is 0 Å². The van der Waals surface area contributed by atoms with Gasteiger partial charge in [0.1, 0.15) is 0 Å². The molecule has 1 fully saturated rings. The molecule has 0 saturated carbocycles. The highest BCUT2D eigenvalue weighted by atomic mass is 19.4. The van der Waals surface area contributed by atoms with Crippen LogP contribution in [0.15, 0.2) is 60.7 Å². The molecule has 8 heteroatoms. The van der Waals surface area contributed by atoms with Gasteiger partial charge in [-0.1, -0.05) is 37.3 Å². The maximum atomic E-state index is 14.5. The predicted molar refractivity (Wildman–Crippen MR) is 136 cm³/mol. The fourth-order valence-electron chi connectivity index (χ4n) is 5.24. The molecule has 202 valence electrons. The van der Waals surface area contributed by atoms with Gasteiger partial charge in [-0.2, -0.15) is 13.2 Å². The van der Waals surface area contributed by atoms with Crippen molar-refractivity contribution >= 4 is 5.97 Å². The summed E-state index contributed by atoms with van der Waals surface area (Å²) in [6.07, 6.45) is -2.72. The van der Waals surface area contributed by atoms with Crippen molar-refractivity contribution in [3.05, 3.63) is 94.6 Å². The molecule has 0 spiro atoms. The van der Waals surface area contributed by atoms with E-state index in [1.165, 1.54) is 25.1 Å². The first-order valence-corrected chi connectivity index (χ1v) is 12.6. The van der Waals surface area contributed by atoms with Crippen LogP contribution < -0.4 is 0 Å². The highest BCUT2D eigenvalue weighted by molar-refractivity contribution is 5.78. The summed E-state index contributed by atoms with van der Waals surface area (Å²) in [7, 11) is 0. The predicted octanol–water partition coefficient (Wildman–Crippen LogP) is 7.83. The zero-order valence-corrected chi connectivity index (χ0v) is 21.4. The summed E-state index contributed by atoms with van der Waals surface area (Å²) in [5, 5.41) is 9.60. The number of carboxylic acids is 1. The SMILES string of the molecule is CC1CCN(C(C)(c2ccc(F)c(F)c2)c2ccc(C(C)C(=O)O)cc2-c2ccc(C(F)(F)F)cc2)CC1. The summed E-state index contributed by atoms with van der Waals surface area (Å²) in [4.78, 5) is 13.9. The van der Waals surface area contributed by atoms with Crippen LogP contribution in [0.5, 0.6) is 0 Å². The first-order valence-electron chi connectivity index (χ1n) is 12.6. The standard InChI is InChI=1S/C30H30F5NO2/c1-18-12-14-36(15-13-18)29(3,23-9-11-26(31)27(32)17-23)25-10-6-21(19(2)28(37)38)16-24(25)20-4-7-22(8-5-20)30(33,34)35/h4-11,16-19H,12-15H2,1-3H3,(H,37,38). The largest absolute Gasteiger partial charge is 0.481 e. The molecule has 0 aliphatic carbocycles. The van der Waals surface area contributed by atoms with Crippen molar-refractivity contribution in [3.8, 4) is 11.1 Å². The van der Waals surface area contributed by atoms with Crippen LogP contribution in [0.2, 0.25) is 0 Å². The van der Waals surface area contributed by atoms with Crippen LogP contribution in [-0.2, 0) is 16.5 Å². The molecule has 3 nitrogen and oxygen atoms in total. The molecule has 3 aromatic rings. The Hall–Kier alpha value is -3.26. The third-order valence-electron chi connectivity index (χ3n) is 7.86. The number of hydrogen-bond acceptors (Lipinski definition) is 2. The highest BCUT2D eigenvalue weighted by Gasteiger charge is 2.40. The van der Waals surface area contributed by atoms with Gasteiger partial charge in [-0.05, 0) is 104 Å². The highest BCUT2D eigenvalue weighted by Crippen LogP contribution is 2.44. The van der Waals surface area contributed by atoms with Crippen LogP contribution in [0.1, 0.15) is 61.8 Å². The number of aliphatic carboxylic acids is 1. The van der Waals surface area contributed by atoms with Crippen molar-refractivity contribution < 1.29 is 31.9 Å². The lowest BCUT2D eigenvalue weighted by Gasteiger charge is -2.46. The van der Waals surface area contributed by atoms with Crippen molar-refractivity contribution in [2.24, 2.45) is 5.92 Å². The Balaban J connectivity index is 1.97. The fourth-order valence-corrected chi connectivity index (χ4v) is 5.24. The summed E-state index contributed by atoms with van der Waals surface area (Å²) in [5.41, 5.74) is 0.874. The number of benzene rings is 3. The number of hydrogen-bond donors (Lipinski definition) is 1. The minimum Gasteiger partial charge on any atom is -0.481 e. The summed E-state index contributed by atoms with van der Waals surface area (Å²) < 4.78 is 68.3. The smallest absolute Gasteiger partial charge is 0.416 e. The maximum Gasteiger partial charge on any atom is 0.416 e. The van der Waals surface area contributed by atoms with E-state index in [-0.39, 0.29) is 0 Å². The Labute approximate surface area is 218 Å². The molecule has 0 radical (unpaired) electrons. The number of nitrogens with zero attached hydrogens (tertiary/aromatic N) is 1. The van der Waals surface area contributed by atoms with Crippen LogP contribution in [-0.4, -0.2) is 29.1 Å². The Morgan fingerprint density at radius 2 is 1.53 bits per heavy atom. The Bertz CT molecular complexity index is 1310. The van der Waals surface area contributed by atoms with Crippen molar-refractivity contribution in [3.63, 3.8) is 0 Å². The molecule has 4 rings (SSSR count). The van der Waals surface area contributed by atoms with Gasteiger partial charge in [-0.3, -0.25) is 9.69 Å². The molecular weight excluding hydrogens is 501 g/mol. The van der Waals surface area contributed by atoms with E-state index in [1.54, 1.807) is 18.2 Å². The molecular formula is C30H30F5NO2. The summed E-state index contributed by atoms with van der Waals surface area (Å²) >= 11 is 0.